The lowest BCUT2D eigenvalue weighted by Gasteiger charge is -2.45. The van der Waals surface area contributed by atoms with Crippen molar-refractivity contribution < 1.29 is 105 Å². The average molecular weight is 712 g/mol. The molecule has 0 aliphatic rings. The van der Waals surface area contributed by atoms with Crippen molar-refractivity contribution in [2.75, 3.05) is 0 Å². The maximum absolute atomic E-state index is 14.3. The summed E-state index contributed by atoms with van der Waals surface area (Å²) in [6.07, 6.45) is -11.0. The van der Waals surface area contributed by atoms with Crippen molar-refractivity contribution in [3.63, 3.8) is 0 Å². The topological polar surface area (TPSA) is 54.4 Å². The maximum atomic E-state index is 14.3. The summed E-state index contributed by atoms with van der Waals surface area (Å²) in [7, 11) is -6.79. The molecular weight excluding hydrogens is 695 g/mol. The Morgan fingerprint density at radius 1 is 0.465 bits per heavy atom. The summed E-state index contributed by atoms with van der Waals surface area (Å²) in [6.45, 7) is 1.52. The van der Waals surface area contributed by atoms with Gasteiger partial charge in [-0.25, -0.2) is 0 Å². The van der Waals surface area contributed by atoms with Gasteiger partial charge in [0.15, 0.2) is 5.25 Å². The summed E-state index contributed by atoms with van der Waals surface area (Å²) >= 11 is 0. The van der Waals surface area contributed by atoms with Crippen LogP contribution in [-0.4, -0.2) is 77.7 Å². The smallest absolute Gasteiger partial charge is 0.285 e. The Hall–Kier alpha value is -1.56. The zero-order valence-corrected chi connectivity index (χ0v) is 21.2. The lowest BCUT2D eigenvalue weighted by Crippen LogP contribution is -2.77. The third-order valence-electron chi connectivity index (χ3n) is 5.87. The van der Waals surface area contributed by atoms with E-state index in [0.29, 0.717) is 6.42 Å². The van der Waals surface area contributed by atoms with Crippen molar-refractivity contribution in [1.82, 2.24) is 0 Å². The van der Waals surface area contributed by atoms with Crippen LogP contribution in [-0.2, 0) is 10.1 Å². The average Bonchev–Trinajstić information content (AvgIpc) is 2.78. The molecule has 0 aliphatic carbocycles. The van der Waals surface area contributed by atoms with E-state index in [1.165, 1.54) is 6.92 Å². The molecule has 0 saturated heterocycles. The van der Waals surface area contributed by atoms with Crippen LogP contribution < -0.4 is 0 Å². The molecule has 0 aromatic heterocycles. The van der Waals surface area contributed by atoms with Gasteiger partial charge in [0.1, 0.15) is 0 Å². The molecule has 1 N–H and O–H groups in total. The SMILES string of the molecule is CCCCCCCC(C(F)(F)C(F)(F)C(F)(F)C(F)(F)C(F)(F)C(F)(F)C(F)(F)C(F)(F)C(F)(F)C(F)(F)F)S(=O)(=O)O. The van der Waals surface area contributed by atoms with Crippen LogP contribution in [0.1, 0.15) is 45.4 Å². The highest BCUT2D eigenvalue weighted by atomic mass is 32.2. The fraction of sp³-hybridized carbons (Fsp3) is 1.00. The highest BCUT2D eigenvalue weighted by molar-refractivity contribution is 7.86. The Labute approximate surface area is 226 Å². The van der Waals surface area contributed by atoms with Crippen LogP contribution in [0.2, 0.25) is 0 Å². The van der Waals surface area contributed by atoms with Crippen LogP contribution >= 0.6 is 0 Å². The Morgan fingerprint density at radius 3 is 1.02 bits per heavy atom. The monoisotopic (exact) mass is 712 g/mol. The first-order valence-corrected chi connectivity index (χ1v) is 12.4. The highest BCUT2D eigenvalue weighted by Crippen LogP contribution is 2.66. The van der Waals surface area contributed by atoms with E-state index < -0.39 is 94.1 Å². The van der Waals surface area contributed by atoms with Crippen molar-refractivity contribution in [2.24, 2.45) is 0 Å². The second kappa shape index (κ2) is 11.7. The van der Waals surface area contributed by atoms with Crippen LogP contribution in [0.15, 0.2) is 0 Å². The van der Waals surface area contributed by atoms with Crippen molar-refractivity contribution in [3.05, 3.63) is 0 Å². The molecule has 0 rings (SSSR count). The molecule has 260 valence electrons. The van der Waals surface area contributed by atoms with Gasteiger partial charge >= 0.3 is 59.5 Å². The van der Waals surface area contributed by atoms with Crippen molar-refractivity contribution in [1.29, 1.82) is 0 Å². The second-order valence-electron chi connectivity index (χ2n) is 8.92. The van der Waals surface area contributed by atoms with Crippen LogP contribution in [0.3, 0.4) is 0 Å². The summed E-state index contributed by atoms with van der Waals surface area (Å²) in [5.74, 6) is -79.3. The lowest BCUT2D eigenvalue weighted by molar-refractivity contribution is -0.474. The molecule has 0 bridgehead atoms. The molecule has 0 spiro atoms. The number of alkyl halides is 21. The quantitative estimate of drug-likeness (QED) is 0.0989. The van der Waals surface area contributed by atoms with E-state index in [1.54, 1.807) is 0 Å². The van der Waals surface area contributed by atoms with E-state index in [9.17, 15) is 101 Å². The molecular formula is C18H17F21O3S. The minimum atomic E-state index is -9.33. The zero-order valence-electron chi connectivity index (χ0n) is 20.4. The molecule has 0 aliphatic heterocycles. The molecule has 0 radical (unpaired) electrons. The molecule has 0 heterocycles. The molecule has 0 fully saturated rings. The Morgan fingerprint density at radius 2 is 0.744 bits per heavy atom. The third-order valence-corrected chi connectivity index (χ3v) is 7.12. The van der Waals surface area contributed by atoms with Gasteiger partial charge in [0, 0.05) is 0 Å². The Kier molecular flexibility index (Phi) is 11.2. The Bertz CT molecular complexity index is 1060. The summed E-state index contributed by atoms with van der Waals surface area (Å²) in [5.41, 5.74) is 0. The summed E-state index contributed by atoms with van der Waals surface area (Å²) < 4.78 is 314. The number of halogens is 21. The zero-order chi connectivity index (χ0) is 35.3. The fourth-order valence-electron chi connectivity index (χ4n) is 3.22. The predicted octanol–water partition coefficient (Wildman–Crippen LogP) is 8.88. The predicted molar refractivity (Wildman–Crippen MR) is 99.3 cm³/mol. The lowest BCUT2D eigenvalue weighted by atomic mass is 9.85. The third kappa shape index (κ3) is 6.17. The van der Waals surface area contributed by atoms with E-state index in [1.807, 2.05) is 0 Å². The van der Waals surface area contributed by atoms with Gasteiger partial charge in [0.25, 0.3) is 10.1 Å². The molecule has 1 atom stereocenters. The number of hydrogen-bond acceptors (Lipinski definition) is 2. The van der Waals surface area contributed by atoms with E-state index >= 15 is 0 Å². The summed E-state index contributed by atoms with van der Waals surface area (Å²) in [5, 5.41) is -4.64. The molecule has 25 heteroatoms. The fourth-order valence-corrected chi connectivity index (χ4v) is 4.21. The van der Waals surface area contributed by atoms with Crippen LogP contribution in [0.25, 0.3) is 0 Å². The molecule has 0 amide bonds. The molecule has 3 nitrogen and oxygen atoms in total. The van der Waals surface area contributed by atoms with E-state index in [-0.39, 0.29) is 12.8 Å². The highest BCUT2D eigenvalue weighted by Gasteiger charge is 2.98. The molecule has 1 unspecified atom stereocenters. The van der Waals surface area contributed by atoms with Gasteiger partial charge in [-0.05, 0) is 6.42 Å². The van der Waals surface area contributed by atoms with Crippen LogP contribution in [0.5, 0.6) is 0 Å². The van der Waals surface area contributed by atoms with E-state index in [4.69, 9.17) is 4.55 Å². The van der Waals surface area contributed by atoms with Crippen LogP contribution in [0, 0.1) is 0 Å². The normalized spacial score (nSPS) is 16.9. The van der Waals surface area contributed by atoms with Gasteiger partial charge < -0.3 is 0 Å². The first-order valence-electron chi connectivity index (χ1n) is 10.9. The number of hydrogen-bond donors (Lipinski definition) is 1. The van der Waals surface area contributed by atoms with Gasteiger partial charge in [0.05, 0.1) is 0 Å². The maximum Gasteiger partial charge on any atom is 0.460 e. The first-order chi connectivity index (χ1) is 18.4. The van der Waals surface area contributed by atoms with Gasteiger partial charge in [0.2, 0.25) is 0 Å². The van der Waals surface area contributed by atoms with Gasteiger partial charge in [-0.15, -0.1) is 0 Å². The summed E-state index contributed by atoms with van der Waals surface area (Å²) in [6, 6.07) is 0. The van der Waals surface area contributed by atoms with E-state index in [2.05, 4.69) is 0 Å². The molecule has 0 saturated carbocycles. The Balaban J connectivity index is 7.10. The van der Waals surface area contributed by atoms with Gasteiger partial charge in [-0.1, -0.05) is 39.0 Å². The molecule has 43 heavy (non-hydrogen) atoms. The summed E-state index contributed by atoms with van der Waals surface area (Å²) in [4.78, 5) is 0. The molecule has 0 aromatic rings. The number of unbranched alkanes of at least 4 members (excludes halogenated alkanes) is 4. The van der Waals surface area contributed by atoms with Crippen molar-refractivity contribution >= 4 is 10.1 Å². The van der Waals surface area contributed by atoms with Crippen LogP contribution in [0.4, 0.5) is 92.2 Å². The van der Waals surface area contributed by atoms with Crippen molar-refractivity contribution in [2.45, 2.75) is 110 Å². The minimum absolute atomic E-state index is 0.0293. The van der Waals surface area contributed by atoms with E-state index in [0.717, 1.165) is 0 Å². The van der Waals surface area contributed by atoms with Gasteiger partial charge in [-0.3, -0.25) is 4.55 Å². The first kappa shape index (κ1) is 41.4. The minimum Gasteiger partial charge on any atom is -0.285 e. The van der Waals surface area contributed by atoms with Crippen molar-refractivity contribution in [3.8, 4) is 0 Å². The largest absolute Gasteiger partial charge is 0.460 e. The van der Waals surface area contributed by atoms with Gasteiger partial charge in [-0.2, -0.15) is 101 Å². The standard InChI is InChI=1S/C18H17F21O3S/c1-2-3-4-5-6-7-8(43(40,41)42)9(19,20)10(21,22)11(23,24)12(25,26)13(27,28)14(29,30)15(31,32)16(33,34)17(35,36)18(37,38)39/h8H,2-7H2,1H3,(H,40,41,42). The molecule has 0 aromatic carbocycles. The number of rotatable bonds is 16. The second-order valence-corrected chi connectivity index (χ2v) is 10.5.